The van der Waals surface area contributed by atoms with Crippen molar-refractivity contribution in [2.24, 2.45) is 0 Å². The van der Waals surface area contributed by atoms with Gasteiger partial charge >= 0.3 is 0 Å². The van der Waals surface area contributed by atoms with Crippen molar-refractivity contribution in [2.75, 3.05) is 19.8 Å². The second kappa shape index (κ2) is 3.17. The lowest BCUT2D eigenvalue weighted by atomic mass is 9.92. The monoisotopic (exact) mass is 169 g/mol. The van der Waals surface area contributed by atoms with Crippen LogP contribution in [0.2, 0.25) is 0 Å². The summed E-state index contributed by atoms with van der Waals surface area (Å²) in [5.74, 6) is 0. The molecule has 68 valence electrons. The van der Waals surface area contributed by atoms with E-state index in [2.05, 4.69) is 11.4 Å². The van der Waals surface area contributed by atoms with Crippen LogP contribution in [0.15, 0.2) is 11.6 Å². The SMILES string of the molecule is OCC1=CCC2(CC1)NCCO2. The van der Waals surface area contributed by atoms with Gasteiger partial charge < -0.3 is 9.84 Å². The molecule has 1 aliphatic carbocycles. The van der Waals surface area contributed by atoms with E-state index in [1.165, 1.54) is 0 Å². The molecule has 1 saturated heterocycles. The zero-order valence-electron chi connectivity index (χ0n) is 7.18. The summed E-state index contributed by atoms with van der Waals surface area (Å²) in [5, 5.41) is 12.3. The standard InChI is InChI=1S/C9H15NO2/c11-7-8-1-3-9(4-2-8)10-5-6-12-9/h1,10-11H,2-7H2. The molecule has 1 spiro atoms. The number of nitrogens with one attached hydrogen (secondary N) is 1. The highest BCUT2D eigenvalue weighted by Gasteiger charge is 2.35. The van der Waals surface area contributed by atoms with Gasteiger partial charge in [-0.2, -0.15) is 0 Å². The summed E-state index contributed by atoms with van der Waals surface area (Å²) in [4.78, 5) is 0. The van der Waals surface area contributed by atoms with Crippen molar-refractivity contribution in [1.29, 1.82) is 0 Å². The maximum atomic E-state index is 8.89. The van der Waals surface area contributed by atoms with Crippen LogP contribution in [-0.2, 0) is 4.74 Å². The molecule has 3 nitrogen and oxygen atoms in total. The van der Waals surface area contributed by atoms with E-state index >= 15 is 0 Å². The molecule has 0 saturated carbocycles. The Morgan fingerprint density at radius 1 is 1.67 bits per heavy atom. The van der Waals surface area contributed by atoms with E-state index in [0.29, 0.717) is 0 Å². The smallest absolute Gasteiger partial charge is 0.123 e. The first-order valence-electron chi connectivity index (χ1n) is 4.52. The Kier molecular flexibility index (Phi) is 2.17. The molecule has 2 aliphatic rings. The van der Waals surface area contributed by atoms with E-state index in [-0.39, 0.29) is 12.3 Å². The van der Waals surface area contributed by atoms with Crippen molar-refractivity contribution >= 4 is 0 Å². The predicted molar refractivity (Wildman–Crippen MR) is 45.7 cm³/mol. The first kappa shape index (κ1) is 8.23. The summed E-state index contributed by atoms with van der Waals surface area (Å²) in [5.41, 5.74) is 1.07. The number of aliphatic hydroxyl groups excluding tert-OH is 1. The molecule has 0 aromatic carbocycles. The van der Waals surface area contributed by atoms with Crippen molar-refractivity contribution in [3.05, 3.63) is 11.6 Å². The van der Waals surface area contributed by atoms with Gasteiger partial charge in [0.05, 0.1) is 13.2 Å². The fraction of sp³-hybridized carbons (Fsp3) is 0.778. The van der Waals surface area contributed by atoms with E-state index in [9.17, 15) is 0 Å². The first-order valence-corrected chi connectivity index (χ1v) is 4.52. The molecule has 2 rings (SSSR count). The third-order valence-electron chi connectivity index (χ3n) is 2.70. The van der Waals surface area contributed by atoms with Gasteiger partial charge in [-0.1, -0.05) is 6.08 Å². The summed E-state index contributed by atoms with van der Waals surface area (Å²) < 4.78 is 5.64. The molecule has 2 N–H and O–H groups in total. The Morgan fingerprint density at radius 2 is 2.58 bits per heavy atom. The zero-order chi connectivity index (χ0) is 8.44. The fourth-order valence-corrected chi connectivity index (χ4v) is 1.89. The third-order valence-corrected chi connectivity index (χ3v) is 2.70. The lowest BCUT2D eigenvalue weighted by Gasteiger charge is -2.31. The van der Waals surface area contributed by atoms with Crippen molar-refractivity contribution in [3.8, 4) is 0 Å². The average molecular weight is 169 g/mol. The van der Waals surface area contributed by atoms with Gasteiger partial charge in [0, 0.05) is 13.0 Å². The Balaban J connectivity index is 2.01. The summed E-state index contributed by atoms with van der Waals surface area (Å²) in [6, 6.07) is 0. The van der Waals surface area contributed by atoms with Crippen molar-refractivity contribution in [1.82, 2.24) is 5.32 Å². The van der Waals surface area contributed by atoms with Crippen molar-refractivity contribution in [3.63, 3.8) is 0 Å². The van der Waals surface area contributed by atoms with Crippen LogP contribution in [-0.4, -0.2) is 30.6 Å². The van der Waals surface area contributed by atoms with Gasteiger partial charge in [0.15, 0.2) is 0 Å². The molecule has 12 heavy (non-hydrogen) atoms. The maximum absolute atomic E-state index is 8.89. The van der Waals surface area contributed by atoms with Gasteiger partial charge in [-0.05, 0) is 18.4 Å². The Labute approximate surface area is 72.4 Å². The first-order chi connectivity index (χ1) is 5.85. The minimum absolute atomic E-state index is 0.0847. The number of rotatable bonds is 1. The fourth-order valence-electron chi connectivity index (χ4n) is 1.89. The minimum atomic E-state index is -0.0847. The molecule has 0 radical (unpaired) electrons. The molecule has 1 fully saturated rings. The lowest BCUT2D eigenvalue weighted by Crippen LogP contribution is -2.42. The Bertz CT molecular complexity index is 195. The largest absolute Gasteiger partial charge is 0.392 e. The summed E-state index contributed by atoms with van der Waals surface area (Å²) in [7, 11) is 0. The van der Waals surface area contributed by atoms with E-state index in [4.69, 9.17) is 9.84 Å². The second-order valence-corrected chi connectivity index (χ2v) is 3.49. The number of hydrogen-bond donors (Lipinski definition) is 2. The molecular formula is C9H15NO2. The van der Waals surface area contributed by atoms with Gasteiger partial charge in [0.25, 0.3) is 0 Å². The molecule has 0 amide bonds. The van der Waals surface area contributed by atoms with E-state index in [1.807, 2.05) is 0 Å². The molecule has 3 heteroatoms. The number of aliphatic hydroxyl groups is 1. The molecule has 1 unspecified atom stereocenters. The minimum Gasteiger partial charge on any atom is -0.392 e. The summed E-state index contributed by atoms with van der Waals surface area (Å²) >= 11 is 0. The third kappa shape index (κ3) is 1.40. The molecule has 1 aliphatic heterocycles. The van der Waals surface area contributed by atoms with Crippen LogP contribution in [0.25, 0.3) is 0 Å². The maximum Gasteiger partial charge on any atom is 0.123 e. The second-order valence-electron chi connectivity index (χ2n) is 3.49. The molecule has 1 heterocycles. The van der Waals surface area contributed by atoms with Crippen LogP contribution in [0.1, 0.15) is 19.3 Å². The number of ether oxygens (including phenoxy) is 1. The van der Waals surface area contributed by atoms with Gasteiger partial charge in [0.1, 0.15) is 5.72 Å². The number of hydrogen-bond acceptors (Lipinski definition) is 3. The van der Waals surface area contributed by atoms with Crippen molar-refractivity contribution < 1.29 is 9.84 Å². The highest BCUT2D eigenvalue weighted by Crippen LogP contribution is 2.30. The van der Waals surface area contributed by atoms with Crippen molar-refractivity contribution in [2.45, 2.75) is 25.0 Å². The molecule has 1 atom stereocenters. The quantitative estimate of drug-likeness (QED) is 0.558. The lowest BCUT2D eigenvalue weighted by molar-refractivity contribution is -0.0185. The van der Waals surface area contributed by atoms with E-state index in [1.54, 1.807) is 0 Å². The predicted octanol–water partition coefficient (Wildman–Crippen LogP) is 0.405. The summed E-state index contributed by atoms with van der Waals surface area (Å²) in [6.07, 6.45) is 4.97. The van der Waals surface area contributed by atoms with Crippen LogP contribution in [0.3, 0.4) is 0 Å². The van der Waals surface area contributed by atoms with Crippen LogP contribution < -0.4 is 5.32 Å². The van der Waals surface area contributed by atoms with E-state index < -0.39 is 0 Å². The van der Waals surface area contributed by atoms with Gasteiger partial charge in [-0.15, -0.1) is 0 Å². The van der Waals surface area contributed by atoms with E-state index in [0.717, 1.165) is 38.0 Å². The Hall–Kier alpha value is -0.380. The Morgan fingerprint density at radius 3 is 3.08 bits per heavy atom. The van der Waals surface area contributed by atoms with Gasteiger partial charge in [-0.25, -0.2) is 0 Å². The van der Waals surface area contributed by atoms with Gasteiger partial charge in [-0.3, -0.25) is 5.32 Å². The summed E-state index contributed by atoms with van der Waals surface area (Å²) in [6.45, 7) is 1.99. The topological polar surface area (TPSA) is 41.5 Å². The highest BCUT2D eigenvalue weighted by atomic mass is 16.5. The normalized spacial score (nSPS) is 35.6. The molecular weight excluding hydrogens is 154 g/mol. The highest BCUT2D eigenvalue weighted by molar-refractivity contribution is 5.11. The van der Waals surface area contributed by atoms with Crippen LogP contribution in [0.5, 0.6) is 0 Å². The molecule has 0 aromatic heterocycles. The van der Waals surface area contributed by atoms with Crippen LogP contribution >= 0.6 is 0 Å². The van der Waals surface area contributed by atoms with Gasteiger partial charge in [0.2, 0.25) is 0 Å². The van der Waals surface area contributed by atoms with Crippen LogP contribution in [0, 0.1) is 0 Å². The molecule has 0 bridgehead atoms. The van der Waals surface area contributed by atoms with Crippen LogP contribution in [0.4, 0.5) is 0 Å². The zero-order valence-corrected chi connectivity index (χ0v) is 7.18. The molecule has 0 aromatic rings. The average Bonchev–Trinajstić information content (AvgIpc) is 2.55.